The van der Waals surface area contributed by atoms with Gasteiger partial charge in [0, 0.05) is 25.2 Å². The number of benzene rings is 1. The number of amides is 2. The number of nitrogens with zero attached hydrogens (tertiary/aromatic N) is 2. The molecule has 3 rings (SSSR count). The van der Waals surface area contributed by atoms with Gasteiger partial charge >= 0.3 is 0 Å². The van der Waals surface area contributed by atoms with Crippen LogP contribution in [0.3, 0.4) is 0 Å². The van der Waals surface area contributed by atoms with Crippen LogP contribution < -0.4 is 0 Å². The van der Waals surface area contributed by atoms with Gasteiger partial charge in [0.2, 0.25) is 0 Å². The van der Waals surface area contributed by atoms with E-state index in [2.05, 4.69) is 0 Å². The van der Waals surface area contributed by atoms with Crippen molar-refractivity contribution in [1.29, 1.82) is 0 Å². The molecule has 0 unspecified atom stereocenters. The molecule has 124 valence electrons. The number of hydrogen-bond donors (Lipinski definition) is 0. The van der Waals surface area contributed by atoms with Crippen molar-refractivity contribution >= 4 is 21.8 Å². The van der Waals surface area contributed by atoms with Gasteiger partial charge < -0.3 is 4.90 Å². The molecular formula is C16H20N2O4S. The maximum absolute atomic E-state index is 12.6. The van der Waals surface area contributed by atoms with Gasteiger partial charge in [-0.05, 0) is 38.0 Å². The highest BCUT2D eigenvalue weighted by Gasteiger charge is 2.40. The summed E-state index contributed by atoms with van der Waals surface area (Å²) in [5.41, 5.74) is 0.485. The Morgan fingerprint density at radius 2 is 1.78 bits per heavy atom. The van der Waals surface area contributed by atoms with E-state index in [0.717, 1.165) is 30.0 Å². The minimum Gasteiger partial charge on any atom is -0.339 e. The number of fused-ring (bicyclic) bond motifs is 1. The molecule has 1 aromatic rings. The van der Waals surface area contributed by atoms with Crippen LogP contribution in [0.2, 0.25) is 0 Å². The Morgan fingerprint density at radius 1 is 1.13 bits per heavy atom. The van der Waals surface area contributed by atoms with E-state index in [1.807, 2.05) is 0 Å². The smallest absolute Gasteiger partial charge is 0.268 e. The van der Waals surface area contributed by atoms with E-state index in [1.54, 1.807) is 17.9 Å². The molecule has 0 N–H and O–H groups in total. The van der Waals surface area contributed by atoms with Gasteiger partial charge in [-0.15, -0.1) is 0 Å². The maximum Gasteiger partial charge on any atom is 0.268 e. The molecule has 0 radical (unpaired) electrons. The summed E-state index contributed by atoms with van der Waals surface area (Å²) in [7, 11) is -3.83. The molecule has 0 aromatic heterocycles. The Kier molecular flexibility index (Phi) is 4.14. The molecule has 7 heteroatoms. The molecule has 0 aliphatic carbocycles. The summed E-state index contributed by atoms with van der Waals surface area (Å²) in [5, 5.41) is 0. The maximum atomic E-state index is 12.6. The quantitative estimate of drug-likeness (QED) is 0.826. The third-order valence-corrected chi connectivity index (χ3v) is 6.33. The molecule has 2 amide bonds. The van der Waals surface area contributed by atoms with E-state index in [1.165, 1.54) is 12.1 Å². The zero-order valence-corrected chi connectivity index (χ0v) is 13.9. The number of likely N-dealkylation sites (tertiary alicyclic amines) is 1. The Labute approximate surface area is 136 Å². The van der Waals surface area contributed by atoms with Gasteiger partial charge in [0.1, 0.15) is 4.90 Å². The molecule has 2 heterocycles. The molecule has 6 nitrogen and oxygen atoms in total. The van der Waals surface area contributed by atoms with E-state index in [0.29, 0.717) is 18.7 Å². The van der Waals surface area contributed by atoms with E-state index in [-0.39, 0.29) is 22.9 Å². The lowest BCUT2D eigenvalue weighted by atomic mass is 10.1. The largest absolute Gasteiger partial charge is 0.339 e. The molecule has 0 spiro atoms. The van der Waals surface area contributed by atoms with Crippen LogP contribution in [-0.4, -0.2) is 49.1 Å². The van der Waals surface area contributed by atoms with Crippen LogP contribution in [0.1, 0.15) is 53.3 Å². The molecule has 2 aliphatic rings. The number of carbonyl (C=O) groups excluding carboxylic acids is 2. The fraction of sp³-hybridized carbons (Fsp3) is 0.500. The Hall–Kier alpha value is -1.89. The molecule has 23 heavy (non-hydrogen) atoms. The van der Waals surface area contributed by atoms with Gasteiger partial charge in [-0.1, -0.05) is 12.8 Å². The van der Waals surface area contributed by atoms with Gasteiger partial charge in [-0.25, -0.2) is 12.7 Å². The van der Waals surface area contributed by atoms with Crippen molar-refractivity contribution in [2.45, 2.75) is 37.5 Å². The van der Waals surface area contributed by atoms with Crippen molar-refractivity contribution in [1.82, 2.24) is 9.21 Å². The SMILES string of the molecule is CCN1C(=O)c2ccc(C(=O)N3CCCCCC3)cc2S1(=O)=O. The lowest BCUT2D eigenvalue weighted by Crippen LogP contribution is -2.32. The first-order valence-electron chi connectivity index (χ1n) is 7.97. The molecule has 1 aromatic carbocycles. The average Bonchev–Trinajstić information content (AvgIpc) is 2.75. The van der Waals surface area contributed by atoms with E-state index in [9.17, 15) is 18.0 Å². The van der Waals surface area contributed by atoms with Gasteiger partial charge in [0.15, 0.2) is 0 Å². The summed E-state index contributed by atoms with van der Waals surface area (Å²) < 4.78 is 25.7. The second-order valence-corrected chi connectivity index (χ2v) is 7.72. The Morgan fingerprint density at radius 3 is 2.39 bits per heavy atom. The Bertz CT molecular complexity index is 749. The lowest BCUT2D eigenvalue weighted by Gasteiger charge is -2.20. The summed E-state index contributed by atoms with van der Waals surface area (Å²) >= 11 is 0. The van der Waals surface area contributed by atoms with Crippen molar-refractivity contribution in [2.75, 3.05) is 19.6 Å². The number of rotatable bonds is 2. The first-order chi connectivity index (χ1) is 11.0. The molecule has 1 saturated heterocycles. The van der Waals surface area contributed by atoms with E-state index < -0.39 is 15.9 Å². The monoisotopic (exact) mass is 336 g/mol. The van der Waals surface area contributed by atoms with Crippen LogP contribution in [0.25, 0.3) is 0 Å². The van der Waals surface area contributed by atoms with Crippen molar-refractivity contribution < 1.29 is 18.0 Å². The van der Waals surface area contributed by atoms with Crippen molar-refractivity contribution in [2.24, 2.45) is 0 Å². The summed E-state index contributed by atoms with van der Waals surface area (Å²) in [5.74, 6) is -0.677. The molecule has 2 aliphatic heterocycles. The van der Waals surface area contributed by atoms with E-state index in [4.69, 9.17) is 0 Å². The lowest BCUT2D eigenvalue weighted by molar-refractivity contribution is 0.0760. The van der Waals surface area contributed by atoms with Crippen LogP contribution in [0, 0.1) is 0 Å². The molecular weight excluding hydrogens is 316 g/mol. The first-order valence-corrected chi connectivity index (χ1v) is 9.41. The van der Waals surface area contributed by atoms with E-state index >= 15 is 0 Å². The standard InChI is InChI=1S/C16H20N2O4S/c1-2-18-16(20)13-8-7-12(11-14(13)23(18,21)22)15(19)17-9-5-3-4-6-10-17/h7-8,11H,2-6,9-10H2,1H3. The minimum absolute atomic E-state index is 0.0509. The predicted octanol–water partition coefficient (Wildman–Crippen LogP) is 1.87. The highest BCUT2D eigenvalue weighted by atomic mass is 32.2. The van der Waals surface area contributed by atoms with Gasteiger partial charge in [0.05, 0.1) is 5.56 Å². The topological polar surface area (TPSA) is 74.8 Å². The fourth-order valence-electron chi connectivity index (χ4n) is 3.18. The summed E-state index contributed by atoms with van der Waals surface area (Å²) in [4.78, 5) is 26.5. The van der Waals surface area contributed by atoms with Gasteiger partial charge in [0.25, 0.3) is 21.8 Å². The third-order valence-electron chi connectivity index (χ3n) is 4.43. The molecule has 0 saturated carbocycles. The van der Waals surface area contributed by atoms with Crippen molar-refractivity contribution in [3.8, 4) is 0 Å². The second-order valence-electron chi connectivity index (χ2n) is 5.89. The van der Waals surface area contributed by atoms with Crippen LogP contribution in [0.4, 0.5) is 0 Å². The highest BCUT2D eigenvalue weighted by molar-refractivity contribution is 7.90. The highest BCUT2D eigenvalue weighted by Crippen LogP contribution is 2.31. The van der Waals surface area contributed by atoms with Gasteiger partial charge in [-0.3, -0.25) is 9.59 Å². The van der Waals surface area contributed by atoms with Crippen molar-refractivity contribution in [3.05, 3.63) is 29.3 Å². The first kappa shape index (κ1) is 16.0. The predicted molar refractivity (Wildman–Crippen MR) is 84.7 cm³/mol. The van der Waals surface area contributed by atoms with Crippen molar-refractivity contribution in [3.63, 3.8) is 0 Å². The fourth-order valence-corrected chi connectivity index (χ4v) is 4.78. The summed E-state index contributed by atoms with van der Waals surface area (Å²) in [6, 6.07) is 4.36. The summed E-state index contributed by atoms with van der Waals surface area (Å²) in [6.07, 6.45) is 4.17. The number of sulfonamides is 1. The average molecular weight is 336 g/mol. The zero-order chi connectivity index (χ0) is 16.6. The number of hydrogen-bond acceptors (Lipinski definition) is 4. The minimum atomic E-state index is -3.83. The second kappa shape index (κ2) is 5.96. The van der Waals surface area contributed by atoms with Crippen LogP contribution >= 0.6 is 0 Å². The third kappa shape index (κ3) is 2.63. The van der Waals surface area contributed by atoms with Crippen LogP contribution in [-0.2, 0) is 10.0 Å². The zero-order valence-electron chi connectivity index (χ0n) is 13.1. The molecule has 0 bridgehead atoms. The normalized spacial score (nSPS) is 20.3. The molecule has 0 atom stereocenters. The summed E-state index contributed by atoms with van der Waals surface area (Å²) in [6.45, 7) is 3.10. The van der Waals surface area contributed by atoms with Crippen LogP contribution in [0.15, 0.2) is 23.1 Å². The molecule has 1 fully saturated rings. The Balaban J connectivity index is 1.96. The number of carbonyl (C=O) groups is 2. The van der Waals surface area contributed by atoms with Gasteiger partial charge in [-0.2, -0.15) is 0 Å². The van der Waals surface area contributed by atoms with Crippen LogP contribution in [0.5, 0.6) is 0 Å².